The second kappa shape index (κ2) is 13.7. The van der Waals surface area contributed by atoms with Crippen LogP contribution in [0.3, 0.4) is 0 Å². The van der Waals surface area contributed by atoms with Crippen molar-refractivity contribution in [1.82, 2.24) is 4.90 Å². The topological polar surface area (TPSA) is 107 Å². The molecule has 3 aromatic carbocycles. The molecule has 0 radical (unpaired) electrons. The average Bonchev–Trinajstić information content (AvgIpc) is 3.50. The Kier molecular flexibility index (Phi) is 9.51. The van der Waals surface area contributed by atoms with Gasteiger partial charge in [0, 0.05) is 55.7 Å². The van der Waals surface area contributed by atoms with E-state index in [0.717, 1.165) is 54.7 Å². The smallest absolute Gasteiger partial charge is 0.228 e. The third kappa shape index (κ3) is 7.43. The van der Waals surface area contributed by atoms with Crippen molar-refractivity contribution in [3.63, 3.8) is 0 Å². The first-order chi connectivity index (χ1) is 21.4. The lowest BCUT2D eigenvalue weighted by Gasteiger charge is -2.41. The van der Waals surface area contributed by atoms with Crippen LogP contribution in [0, 0.1) is 0 Å². The molecular formula is C35H40N2O7. The van der Waals surface area contributed by atoms with Gasteiger partial charge in [0.2, 0.25) is 5.91 Å². The van der Waals surface area contributed by atoms with Crippen molar-refractivity contribution >= 4 is 17.4 Å². The molecular weight excluding hydrogens is 560 g/mol. The number of carbonyl (C=O) groups excluding carboxylic acids is 2. The molecule has 0 bridgehead atoms. The number of aliphatic hydroxyl groups is 1. The second-order valence-corrected chi connectivity index (χ2v) is 11.9. The molecule has 6 rings (SSSR count). The Morgan fingerprint density at radius 1 is 0.909 bits per heavy atom. The minimum atomic E-state index is -0.564. The van der Waals surface area contributed by atoms with Gasteiger partial charge in [-0.25, -0.2) is 0 Å². The average molecular weight is 601 g/mol. The van der Waals surface area contributed by atoms with Crippen LogP contribution in [-0.4, -0.2) is 66.4 Å². The predicted octanol–water partition coefficient (Wildman–Crippen LogP) is 4.95. The Morgan fingerprint density at radius 2 is 1.59 bits per heavy atom. The van der Waals surface area contributed by atoms with Crippen molar-refractivity contribution in [2.24, 2.45) is 0 Å². The van der Waals surface area contributed by atoms with E-state index in [1.165, 1.54) is 6.92 Å². The maximum atomic E-state index is 12.7. The molecule has 1 spiro atoms. The summed E-state index contributed by atoms with van der Waals surface area (Å²) in [6.07, 6.45) is 1.83. The molecule has 3 heterocycles. The lowest BCUT2D eigenvalue weighted by atomic mass is 9.98. The van der Waals surface area contributed by atoms with E-state index >= 15 is 0 Å². The third-order valence-corrected chi connectivity index (χ3v) is 8.68. The number of hydrogen-bond acceptors (Lipinski definition) is 8. The van der Waals surface area contributed by atoms with Gasteiger partial charge >= 0.3 is 0 Å². The Labute approximate surface area is 258 Å². The van der Waals surface area contributed by atoms with E-state index in [1.807, 2.05) is 48.5 Å². The van der Waals surface area contributed by atoms with Crippen LogP contribution < -0.4 is 5.32 Å². The Morgan fingerprint density at radius 3 is 2.27 bits per heavy atom. The van der Waals surface area contributed by atoms with Crippen molar-refractivity contribution < 1.29 is 33.6 Å². The zero-order valence-electron chi connectivity index (χ0n) is 25.1. The summed E-state index contributed by atoms with van der Waals surface area (Å²) < 4.78 is 24.9. The minimum Gasteiger partial charge on any atom is -0.392 e. The molecule has 3 aromatic rings. The van der Waals surface area contributed by atoms with Crippen LogP contribution in [0.2, 0.25) is 0 Å². The highest BCUT2D eigenvalue weighted by Gasteiger charge is 2.41. The maximum absolute atomic E-state index is 12.7. The first-order valence-corrected chi connectivity index (χ1v) is 15.4. The number of amides is 1. The van der Waals surface area contributed by atoms with Crippen LogP contribution in [0.1, 0.15) is 71.2 Å². The highest BCUT2D eigenvalue weighted by molar-refractivity contribution is 5.97. The Hall–Kier alpha value is -3.44. The minimum absolute atomic E-state index is 0.000777. The van der Waals surface area contributed by atoms with Gasteiger partial charge in [0.15, 0.2) is 17.9 Å². The maximum Gasteiger partial charge on any atom is 0.228 e. The molecule has 0 aliphatic carbocycles. The van der Waals surface area contributed by atoms with E-state index in [4.69, 9.17) is 18.9 Å². The molecule has 9 heteroatoms. The standard InChI is InChI=1S/C35H40N2O7/c1-24(39)29-3-2-4-30(20-29)36-33(40)19-25-5-11-28(12-6-25)34-43-31(21-32(44-34)27-9-7-26(23-38)8-10-27)22-37-15-13-35(14-16-37)41-17-18-42-35/h2-12,20,31-32,34,38H,13-19,21-23H2,1H3,(H,36,40)/t31-,32+,34?/m0/s1. The summed E-state index contributed by atoms with van der Waals surface area (Å²) in [4.78, 5) is 26.8. The Bertz CT molecular complexity index is 1430. The summed E-state index contributed by atoms with van der Waals surface area (Å²) in [7, 11) is 0. The molecule has 3 atom stereocenters. The molecule has 2 N–H and O–H groups in total. The first kappa shape index (κ1) is 30.6. The Balaban J connectivity index is 1.12. The van der Waals surface area contributed by atoms with Crippen LogP contribution in [0.5, 0.6) is 0 Å². The van der Waals surface area contributed by atoms with Gasteiger partial charge < -0.3 is 34.3 Å². The lowest BCUT2D eigenvalue weighted by Crippen LogP contribution is -2.48. The number of anilines is 1. The van der Waals surface area contributed by atoms with Crippen LogP contribution in [-0.2, 0) is 36.8 Å². The highest BCUT2D eigenvalue weighted by Crippen LogP contribution is 2.39. The number of Topliss-reactive ketones (excluding diaryl/α,β-unsaturated/α-hetero) is 1. The summed E-state index contributed by atoms with van der Waals surface area (Å²) in [6.45, 7) is 5.39. The number of nitrogens with zero attached hydrogens (tertiary/aromatic N) is 1. The highest BCUT2D eigenvalue weighted by atomic mass is 16.7. The molecule has 3 fully saturated rings. The summed E-state index contributed by atoms with van der Waals surface area (Å²) in [6, 6.07) is 22.6. The monoisotopic (exact) mass is 600 g/mol. The van der Waals surface area contributed by atoms with Gasteiger partial charge in [-0.15, -0.1) is 0 Å². The first-order valence-electron chi connectivity index (χ1n) is 15.4. The predicted molar refractivity (Wildman–Crippen MR) is 164 cm³/mol. The molecule has 3 aliphatic rings. The summed E-state index contributed by atoms with van der Waals surface area (Å²) in [5, 5.41) is 12.4. The number of benzene rings is 3. The second-order valence-electron chi connectivity index (χ2n) is 11.9. The van der Waals surface area contributed by atoms with Crippen LogP contribution >= 0.6 is 0 Å². The summed E-state index contributed by atoms with van der Waals surface area (Å²) >= 11 is 0. The van der Waals surface area contributed by atoms with E-state index < -0.39 is 12.1 Å². The normalized spacial score (nSPS) is 23.5. The number of ketones is 1. The number of piperidine rings is 1. The number of likely N-dealkylation sites (tertiary alicyclic amines) is 1. The molecule has 1 amide bonds. The number of rotatable bonds is 9. The van der Waals surface area contributed by atoms with Crippen LogP contribution in [0.4, 0.5) is 5.69 Å². The molecule has 9 nitrogen and oxygen atoms in total. The largest absolute Gasteiger partial charge is 0.392 e. The van der Waals surface area contributed by atoms with Gasteiger partial charge in [0.25, 0.3) is 0 Å². The molecule has 232 valence electrons. The molecule has 0 saturated carbocycles. The SMILES string of the molecule is CC(=O)c1cccc(NC(=O)Cc2ccc(C3O[C@H](CN4CCC5(CC4)OCCO5)C[C@H](c4ccc(CO)cc4)O3)cc2)c1. The summed E-state index contributed by atoms with van der Waals surface area (Å²) in [5.74, 6) is -0.621. The van der Waals surface area contributed by atoms with Gasteiger partial charge in [-0.05, 0) is 35.7 Å². The zero-order valence-corrected chi connectivity index (χ0v) is 25.1. The zero-order chi connectivity index (χ0) is 30.5. The number of nitrogens with one attached hydrogen (secondary N) is 1. The van der Waals surface area contributed by atoms with Crippen molar-refractivity contribution in [3.05, 3.63) is 101 Å². The number of hydrogen-bond donors (Lipinski definition) is 2. The fraction of sp³-hybridized carbons (Fsp3) is 0.429. The van der Waals surface area contributed by atoms with E-state index in [-0.39, 0.29) is 36.9 Å². The quantitative estimate of drug-likeness (QED) is 0.333. The van der Waals surface area contributed by atoms with Gasteiger partial charge in [-0.1, -0.05) is 60.7 Å². The van der Waals surface area contributed by atoms with Gasteiger partial charge in [0.1, 0.15) is 0 Å². The fourth-order valence-corrected chi connectivity index (χ4v) is 6.18. The number of carbonyl (C=O) groups is 2. The van der Waals surface area contributed by atoms with Crippen molar-refractivity contribution in [2.75, 3.05) is 38.2 Å². The van der Waals surface area contributed by atoms with Gasteiger partial charge in [-0.2, -0.15) is 0 Å². The van der Waals surface area contributed by atoms with Crippen LogP contribution in [0.25, 0.3) is 0 Å². The third-order valence-electron chi connectivity index (χ3n) is 8.68. The fourth-order valence-electron chi connectivity index (χ4n) is 6.18. The van der Waals surface area contributed by atoms with Crippen LogP contribution in [0.15, 0.2) is 72.8 Å². The molecule has 44 heavy (non-hydrogen) atoms. The molecule has 3 saturated heterocycles. The van der Waals surface area contributed by atoms with Crippen molar-refractivity contribution in [1.29, 1.82) is 0 Å². The van der Waals surface area contributed by atoms with Crippen molar-refractivity contribution in [3.8, 4) is 0 Å². The van der Waals surface area contributed by atoms with Gasteiger partial charge in [0.05, 0.1) is 38.4 Å². The molecule has 1 unspecified atom stereocenters. The van der Waals surface area contributed by atoms with E-state index in [9.17, 15) is 14.7 Å². The summed E-state index contributed by atoms with van der Waals surface area (Å²) in [5.41, 5.74) is 4.80. The molecule has 0 aromatic heterocycles. The number of ether oxygens (including phenoxy) is 4. The van der Waals surface area contributed by atoms with Gasteiger partial charge in [-0.3, -0.25) is 9.59 Å². The number of aliphatic hydroxyl groups excluding tert-OH is 1. The van der Waals surface area contributed by atoms with Crippen molar-refractivity contribution in [2.45, 2.75) is 63.5 Å². The lowest BCUT2D eigenvalue weighted by molar-refractivity contribution is -0.255. The van der Waals surface area contributed by atoms with E-state index in [1.54, 1.807) is 24.3 Å². The van der Waals surface area contributed by atoms with E-state index in [2.05, 4.69) is 10.2 Å². The van der Waals surface area contributed by atoms with E-state index in [0.29, 0.717) is 30.9 Å². The molecule has 3 aliphatic heterocycles.